The van der Waals surface area contributed by atoms with Crippen molar-refractivity contribution in [1.82, 2.24) is 9.55 Å². The van der Waals surface area contributed by atoms with E-state index < -0.39 is 5.60 Å². The van der Waals surface area contributed by atoms with Crippen LogP contribution in [0.2, 0.25) is 0 Å². The summed E-state index contributed by atoms with van der Waals surface area (Å²) in [6.45, 7) is 3.71. The van der Waals surface area contributed by atoms with Crippen molar-refractivity contribution in [3.8, 4) is 0 Å². The van der Waals surface area contributed by atoms with Gasteiger partial charge < -0.3 is 9.67 Å². The zero-order valence-corrected chi connectivity index (χ0v) is 9.81. The fraction of sp³-hybridized carbons (Fsp3) is 0.308. The molecule has 2 aromatic rings. The van der Waals surface area contributed by atoms with Crippen LogP contribution in [0.3, 0.4) is 0 Å². The third-order valence-corrected chi connectivity index (χ3v) is 3.06. The molecule has 0 radical (unpaired) electrons. The molecule has 0 aliphatic carbocycles. The fourth-order valence-corrected chi connectivity index (χ4v) is 1.86. The lowest BCUT2D eigenvalue weighted by molar-refractivity contribution is 0.0940. The Balaban J connectivity index is 2.51. The molecule has 0 aliphatic heterocycles. The van der Waals surface area contributed by atoms with E-state index in [-0.39, 0.29) is 0 Å². The second-order valence-corrected chi connectivity index (χ2v) is 4.19. The van der Waals surface area contributed by atoms with Gasteiger partial charge in [-0.3, -0.25) is 0 Å². The highest BCUT2D eigenvalue weighted by atomic mass is 16.3. The van der Waals surface area contributed by atoms with Gasteiger partial charge in [-0.1, -0.05) is 30.3 Å². The molecule has 0 spiro atoms. The minimum Gasteiger partial charge on any atom is -0.379 e. The van der Waals surface area contributed by atoms with Crippen LogP contribution in [0.25, 0.3) is 0 Å². The lowest BCUT2D eigenvalue weighted by Crippen LogP contribution is -2.25. The van der Waals surface area contributed by atoms with E-state index in [1.807, 2.05) is 48.9 Å². The Labute approximate surface area is 95.4 Å². The fourth-order valence-electron chi connectivity index (χ4n) is 1.86. The van der Waals surface area contributed by atoms with Gasteiger partial charge in [-0.2, -0.15) is 0 Å². The Bertz CT molecular complexity index is 486. The number of aromatic nitrogens is 2. The number of imidazole rings is 1. The van der Waals surface area contributed by atoms with Crippen molar-refractivity contribution < 1.29 is 5.11 Å². The van der Waals surface area contributed by atoms with Crippen molar-refractivity contribution >= 4 is 0 Å². The molecule has 1 heterocycles. The second-order valence-electron chi connectivity index (χ2n) is 4.19. The van der Waals surface area contributed by atoms with Crippen molar-refractivity contribution in [2.24, 2.45) is 7.05 Å². The van der Waals surface area contributed by atoms with E-state index in [2.05, 4.69) is 4.98 Å². The van der Waals surface area contributed by atoms with Crippen molar-refractivity contribution in [2.45, 2.75) is 19.4 Å². The van der Waals surface area contributed by atoms with Crippen LogP contribution in [0.5, 0.6) is 0 Å². The third kappa shape index (κ3) is 1.63. The zero-order valence-electron chi connectivity index (χ0n) is 9.81. The molecule has 0 fully saturated rings. The Morgan fingerprint density at radius 2 is 1.88 bits per heavy atom. The first kappa shape index (κ1) is 10.9. The number of hydrogen-bond acceptors (Lipinski definition) is 2. The maximum atomic E-state index is 10.6. The monoisotopic (exact) mass is 216 g/mol. The van der Waals surface area contributed by atoms with Crippen LogP contribution in [0.1, 0.15) is 24.0 Å². The van der Waals surface area contributed by atoms with Crippen LogP contribution >= 0.6 is 0 Å². The topological polar surface area (TPSA) is 38.1 Å². The summed E-state index contributed by atoms with van der Waals surface area (Å²) in [6, 6.07) is 9.62. The molecule has 1 N–H and O–H groups in total. The summed E-state index contributed by atoms with van der Waals surface area (Å²) in [6.07, 6.45) is 1.72. The summed E-state index contributed by atoms with van der Waals surface area (Å²) < 4.78 is 1.91. The van der Waals surface area contributed by atoms with Gasteiger partial charge in [-0.05, 0) is 19.4 Å². The van der Waals surface area contributed by atoms with E-state index in [4.69, 9.17) is 0 Å². The largest absolute Gasteiger partial charge is 0.379 e. The van der Waals surface area contributed by atoms with Gasteiger partial charge in [-0.15, -0.1) is 0 Å². The van der Waals surface area contributed by atoms with Crippen LogP contribution in [0, 0.1) is 6.92 Å². The normalized spacial score (nSPS) is 14.8. The predicted molar refractivity (Wildman–Crippen MR) is 63.1 cm³/mol. The molecule has 0 saturated heterocycles. The number of aliphatic hydroxyl groups is 1. The number of benzene rings is 1. The van der Waals surface area contributed by atoms with E-state index in [1.165, 1.54) is 0 Å². The highest BCUT2D eigenvalue weighted by molar-refractivity contribution is 5.31. The minimum atomic E-state index is -1.00. The number of hydrogen-bond donors (Lipinski definition) is 1. The maximum absolute atomic E-state index is 10.6. The zero-order chi connectivity index (χ0) is 11.8. The highest BCUT2D eigenvalue weighted by Crippen LogP contribution is 2.28. The minimum absolute atomic E-state index is 0.802. The Morgan fingerprint density at radius 1 is 1.25 bits per heavy atom. The van der Waals surface area contributed by atoms with Crippen LogP contribution in [0.15, 0.2) is 36.5 Å². The van der Waals surface area contributed by atoms with Gasteiger partial charge >= 0.3 is 0 Å². The summed E-state index contributed by atoms with van der Waals surface area (Å²) >= 11 is 0. The number of nitrogens with zero attached hydrogens (tertiary/aromatic N) is 2. The molecule has 84 valence electrons. The molecule has 1 unspecified atom stereocenters. The molecule has 16 heavy (non-hydrogen) atoms. The first-order valence-electron chi connectivity index (χ1n) is 5.30. The van der Waals surface area contributed by atoms with Gasteiger partial charge in [0.25, 0.3) is 0 Å². The number of rotatable bonds is 2. The van der Waals surface area contributed by atoms with Gasteiger partial charge in [-0.25, -0.2) is 4.98 Å². The summed E-state index contributed by atoms with van der Waals surface area (Å²) in [5.74, 6) is 0.895. The summed E-state index contributed by atoms with van der Waals surface area (Å²) in [4.78, 5) is 4.21. The standard InChI is InChI=1S/C13H16N2O/c1-10-14-9-12(15(10)3)13(2,16)11-7-5-4-6-8-11/h4-9,16H,1-3H3. The van der Waals surface area contributed by atoms with E-state index in [9.17, 15) is 5.11 Å². The van der Waals surface area contributed by atoms with Crippen LogP contribution in [-0.2, 0) is 12.6 Å². The van der Waals surface area contributed by atoms with Gasteiger partial charge in [0.1, 0.15) is 11.4 Å². The molecule has 1 aromatic heterocycles. The summed E-state index contributed by atoms with van der Waals surface area (Å²) in [5.41, 5.74) is 0.672. The van der Waals surface area contributed by atoms with Gasteiger partial charge in [0, 0.05) is 7.05 Å². The maximum Gasteiger partial charge on any atom is 0.128 e. The lowest BCUT2D eigenvalue weighted by Gasteiger charge is -2.24. The Morgan fingerprint density at radius 3 is 2.38 bits per heavy atom. The molecule has 1 atom stereocenters. The molecule has 1 aromatic carbocycles. The average molecular weight is 216 g/mol. The average Bonchev–Trinajstić information content (AvgIpc) is 2.61. The molecule has 0 aliphatic rings. The smallest absolute Gasteiger partial charge is 0.128 e. The van der Waals surface area contributed by atoms with Crippen LogP contribution in [-0.4, -0.2) is 14.7 Å². The van der Waals surface area contributed by atoms with Gasteiger partial charge in [0.15, 0.2) is 0 Å². The van der Waals surface area contributed by atoms with Crippen molar-refractivity contribution in [2.75, 3.05) is 0 Å². The third-order valence-electron chi connectivity index (χ3n) is 3.06. The SMILES string of the molecule is Cc1ncc(C(C)(O)c2ccccc2)n1C. The van der Waals surface area contributed by atoms with E-state index in [0.717, 1.165) is 17.1 Å². The molecule has 3 heteroatoms. The first-order valence-corrected chi connectivity index (χ1v) is 5.30. The first-order chi connectivity index (χ1) is 7.53. The quantitative estimate of drug-likeness (QED) is 0.833. The van der Waals surface area contributed by atoms with E-state index >= 15 is 0 Å². The second kappa shape index (κ2) is 3.76. The molecule has 0 amide bonds. The van der Waals surface area contributed by atoms with Crippen LogP contribution in [0.4, 0.5) is 0 Å². The number of aryl methyl sites for hydroxylation is 1. The van der Waals surface area contributed by atoms with Crippen LogP contribution < -0.4 is 0 Å². The Kier molecular flexibility index (Phi) is 2.56. The highest BCUT2D eigenvalue weighted by Gasteiger charge is 2.28. The summed E-state index contributed by atoms with van der Waals surface area (Å²) in [5, 5.41) is 10.6. The molecule has 0 bridgehead atoms. The molecule has 0 saturated carbocycles. The van der Waals surface area contributed by atoms with E-state index in [0.29, 0.717) is 0 Å². The van der Waals surface area contributed by atoms with Gasteiger partial charge in [0.2, 0.25) is 0 Å². The lowest BCUT2D eigenvalue weighted by atomic mass is 9.93. The van der Waals surface area contributed by atoms with E-state index in [1.54, 1.807) is 13.1 Å². The molecular weight excluding hydrogens is 200 g/mol. The molecule has 3 nitrogen and oxygen atoms in total. The summed E-state index contributed by atoms with van der Waals surface area (Å²) in [7, 11) is 1.91. The Hall–Kier alpha value is -1.61. The van der Waals surface area contributed by atoms with Crippen molar-refractivity contribution in [1.29, 1.82) is 0 Å². The molecule has 2 rings (SSSR count). The van der Waals surface area contributed by atoms with Crippen molar-refractivity contribution in [3.05, 3.63) is 53.6 Å². The van der Waals surface area contributed by atoms with Gasteiger partial charge in [0.05, 0.1) is 11.9 Å². The molecular formula is C13H16N2O. The van der Waals surface area contributed by atoms with Crippen molar-refractivity contribution in [3.63, 3.8) is 0 Å². The predicted octanol–water partition coefficient (Wildman–Crippen LogP) is 1.98.